The zero-order valence-corrected chi connectivity index (χ0v) is 22.9. The maximum absolute atomic E-state index is 11.2. The van der Waals surface area contributed by atoms with Crippen LogP contribution in [-0.2, 0) is 17.8 Å². The topological polar surface area (TPSA) is 98.7 Å². The second-order valence-corrected chi connectivity index (χ2v) is 10.0. The van der Waals surface area contributed by atoms with Crippen LogP contribution in [0.3, 0.4) is 0 Å². The van der Waals surface area contributed by atoms with Gasteiger partial charge in [-0.15, -0.1) is 0 Å². The third kappa shape index (κ3) is 8.40. The zero-order chi connectivity index (χ0) is 28.3. The SMILES string of the molecule is NC(=O)Cc1ccc(OCCCN(Cc2ccc([N+](=O)[O-])cc2)CC(c2ccccc2)c2ccccc2)c(Cl)c1. The van der Waals surface area contributed by atoms with Gasteiger partial charge in [-0.25, -0.2) is 0 Å². The first-order valence-corrected chi connectivity index (χ1v) is 13.5. The van der Waals surface area contributed by atoms with Gasteiger partial charge in [0.15, 0.2) is 0 Å². The van der Waals surface area contributed by atoms with Crippen molar-refractivity contribution in [3.8, 4) is 5.75 Å². The van der Waals surface area contributed by atoms with Gasteiger partial charge in [-0.05, 0) is 40.8 Å². The highest BCUT2D eigenvalue weighted by atomic mass is 35.5. The van der Waals surface area contributed by atoms with Crippen LogP contribution in [0.2, 0.25) is 5.02 Å². The first kappa shape index (κ1) is 28.8. The summed E-state index contributed by atoms with van der Waals surface area (Å²) in [4.78, 5) is 24.3. The van der Waals surface area contributed by atoms with E-state index >= 15 is 0 Å². The number of nitrogens with zero attached hydrogens (tertiary/aromatic N) is 2. The van der Waals surface area contributed by atoms with Crippen molar-refractivity contribution in [2.75, 3.05) is 19.7 Å². The van der Waals surface area contributed by atoms with E-state index in [1.807, 2.05) is 24.3 Å². The van der Waals surface area contributed by atoms with Crippen LogP contribution in [0.4, 0.5) is 5.69 Å². The van der Waals surface area contributed by atoms with Crippen molar-refractivity contribution in [2.45, 2.75) is 25.3 Å². The normalized spacial score (nSPS) is 11.1. The molecule has 0 saturated heterocycles. The van der Waals surface area contributed by atoms with E-state index in [0.717, 1.165) is 30.6 Å². The van der Waals surface area contributed by atoms with Gasteiger partial charge in [-0.3, -0.25) is 19.8 Å². The lowest BCUT2D eigenvalue weighted by Gasteiger charge is -2.28. The molecule has 0 fully saturated rings. The number of benzene rings is 4. The van der Waals surface area contributed by atoms with Crippen LogP contribution in [0.15, 0.2) is 103 Å². The molecule has 0 spiro atoms. The Balaban J connectivity index is 1.48. The molecule has 1 amide bonds. The molecule has 0 bridgehead atoms. The van der Waals surface area contributed by atoms with Crippen LogP contribution in [0.25, 0.3) is 0 Å². The molecule has 0 radical (unpaired) electrons. The van der Waals surface area contributed by atoms with Crippen LogP contribution in [0, 0.1) is 10.1 Å². The van der Waals surface area contributed by atoms with Crippen molar-refractivity contribution in [1.82, 2.24) is 4.90 Å². The summed E-state index contributed by atoms with van der Waals surface area (Å²) in [5, 5.41) is 11.6. The Morgan fingerprint density at radius 3 is 2.05 bits per heavy atom. The highest BCUT2D eigenvalue weighted by molar-refractivity contribution is 6.32. The van der Waals surface area contributed by atoms with Crippen molar-refractivity contribution in [3.63, 3.8) is 0 Å². The van der Waals surface area contributed by atoms with Gasteiger partial charge in [0.05, 0.1) is 23.0 Å². The third-order valence-corrected chi connectivity index (χ3v) is 6.94. The van der Waals surface area contributed by atoms with Crippen molar-refractivity contribution in [2.24, 2.45) is 5.73 Å². The van der Waals surface area contributed by atoms with E-state index in [1.165, 1.54) is 11.1 Å². The molecule has 0 atom stereocenters. The van der Waals surface area contributed by atoms with Crippen molar-refractivity contribution in [3.05, 3.63) is 141 Å². The fraction of sp³-hybridized carbons (Fsp3) is 0.219. The van der Waals surface area contributed by atoms with E-state index in [-0.39, 0.29) is 22.9 Å². The number of primary amides is 1. The van der Waals surface area contributed by atoms with Gasteiger partial charge in [0.25, 0.3) is 5.69 Å². The Morgan fingerprint density at radius 2 is 1.50 bits per heavy atom. The quantitative estimate of drug-likeness (QED) is 0.110. The van der Waals surface area contributed by atoms with Gasteiger partial charge >= 0.3 is 0 Å². The first-order valence-electron chi connectivity index (χ1n) is 13.1. The lowest BCUT2D eigenvalue weighted by Crippen LogP contribution is -2.30. The number of nitrogens with two attached hydrogens (primary N) is 1. The summed E-state index contributed by atoms with van der Waals surface area (Å²) in [6, 6.07) is 32.8. The number of halogens is 1. The van der Waals surface area contributed by atoms with E-state index in [9.17, 15) is 14.9 Å². The molecule has 0 saturated carbocycles. The van der Waals surface area contributed by atoms with Gasteiger partial charge < -0.3 is 10.5 Å². The maximum Gasteiger partial charge on any atom is 0.269 e. The average Bonchev–Trinajstić information content (AvgIpc) is 2.95. The number of hydrogen-bond donors (Lipinski definition) is 1. The van der Waals surface area contributed by atoms with E-state index < -0.39 is 5.91 Å². The number of ether oxygens (including phenoxy) is 1. The summed E-state index contributed by atoms with van der Waals surface area (Å²) in [5.41, 5.74) is 9.54. The van der Waals surface area contributed by atoms with Crippen LogP contribution in [-0.4, -0.2) is 35.4 Å². The van der Waals surface area contributed by atoms with E-state index in [4.69, 9.17) is 22.1 Å². The Kier molecular flexibility index (Phi) is 10.3. The lowest BCUT2D eigenvalue weighted by molar-refractivity contribution is -0.384. The second-order valence-electron chi connectivity index (χ2n) is 9.64. The summed E-state index contributed by atoms with van der Waals surface area (Å²) in [6.45, 7) is 2.59. The smallest absolute Gasteiger partial charge is 0.269 e. The predicted octanol–water partition coefficient (Wildman–Crippen LogP) is 6.38. The Morgan fingerprint density at radius 1 is 0.900 bits per heavy atom. The molecule has 0 heterocycles. The number of carbonyl (C=O) groups excluding carboxylic acids is 1. The molecule has 2 N–H and O–H groups in total. The highest BCUT2D eigenvalue weighted by Gasteiger charge is 2.19. The number of hydrogen-bond acceptors (Lipinski definition) is 5. The molecule has 7 nitrogen and oxygen atoms in total. The number of nitro benzene ring substituents is 1. The van der Waals surface area contributed by atoms with Crippen LogP contribution < -0.4 is 10.5 Å². The highest BCUT2D eigenvalue weighted by Crippen LogP contribution is 2.28. The van der Waals surface area contributed by atoms with Gasteiger partial charge in [0, 0.05) is 37.7 Å². The standard InChI is InChI=1S/C32H32ClN3O4/c33-30-20-25(21-32(34)37)14-17-31(30)40-19-7-18-35(22-24-12-15-28(16-13-24)36(38)39)23-29(26-8-3-1-4-9-26)27-10-5-2-6-11-27/h1-6,8-17,20,29H,7,18-19,21-23H2,(H2,34,37). The summed E-state index contributed by atoms with van der Waals surface area (Å²) in [5.74, 6) is 0.291. The lowest BCUT2D eigenvalue weighted by atomic mass is 9.90. The third-order valence-electron chi connectivity index (χ3n) is 6.65. The average molecular weight is 558 g/mol. The summed E-state index contributed by atoms with van der Waals surface area (Å²) in [6.07, 6.45) is 0.865. The van der Waals surface area contributed by atoms with Crippen LogP contribution in [0.5, 0.6) is 5.75 Å². The van der Waals surface area contributed by atoms with E-state index in [0.29, 0.717) is 23.9 Å². The summed E-state index contributed by atoms with van der Waals surface area (Å²) in [7, 11) is 0. The fourth-order valence-electron chi connectivity index (χ4n) is 4.69. The number of carbonyl (C=O) groups is 1. The predicted molar refractivity (Wildman–Crippen MR) is 158 cm³/mol. The minimum atomic E-state index is -0.415. The molecular weight excluding hydrogens is 526 g/mol. The molecule has 4 rings (SSSR count). The van der Waals surface area contributed by atoms with Crippen molar-refractivity contribution in [1.29, 1.82) is 0 Å². The van der Waals surface area contributed by atoms with E-state index in [1.54, 1.807) is 30.3 Å². The number of rotatable bonds is 14. The van der Waals surface area contributed by atoms with Gasteiger partial charge in [-0.1, -0.05) is 90.5 Å². The first-order chi connectivity index (χ1) is 19.4. The molecular formula is C32H32ClN3O4. The molecule has 0 aliphatic heterocycles. The van der Waals surface area contributed by atoms with E-state index in [2.05, 4.69) is 53.4 Å². The monoisotopic (exact) mass is 557 g/mol. The molecule has 0 aliphatic rings. The van der Waals surface area contributed by atoms with Gasteiger partial charge in [0.2, 0.25) is 5.91 Å². The molecule has 40 heavy (non-hydrogen) atoms. The fourth-order valence-corrected chi connectivity index (χ4v) is 4.95. The number of amides is 1. The Labute approximate surface area is 239 Å². The number of non-ortho nitro benzene ring substituents is 1. The Bertz CT molecular complexity index is 1360. The molecule has 0 unspecified atom stereocenters. The molecule has 8 heteroatoms. The molecule has 0 aliphatic carbocycles. The second kappa shape index (κ2) is 14.3. The summed E-state index contributed by atoms with van der Waals surface area (Å²) < 4.78 is 5.96. The number of nitro groups is 1. The van der Waals surface area contributed by atoms with Crippen molar-refractivity contribution >= 4 is 23.2 Å². The van der Waals surface area contributed by atoms with Crippen LogP contribution >= 0.6 is 11.6 Å². The van der Waals surface area contributed by atoms with Crippen molar-refractivity contribution < 1.29 is 14.5 Å². The minimum Gasteiger partial charge on any atom is -0.492 e. The Hall–Kier alpha value is -4.20. The zero-order valence-electron chi connectivity index (χ0n) is 22.1. The minimum absolute atomic E-state index is 0.0777. The van der Waals surface area contributed by atoms with Gasteiger partial charge in [-0.2, -0.15) is 0 Å². The summed E-state index contributed by atoms with van der Waals surface area (Å²) >= 11 is 6.37. The molecule has 206 valence electrons. The molecule has 4 aromatic carbocycles. The van der Waals surface area contributed by atoms with Gasteiger partial charge in [0.1, 0.15) is 5.75 Å². The van der Waals surface area contributed by atoms with Crippen LogP contribution in [0.1, 0.15) is 34.6 Å². The molecule has 0 aromatic heterocycles. The molecule has 4 aromatic rings. The largest absolute Gasteiger partial charge is 0.492 e. The maximum atomic E-state index is 11.2.